The summed E-state index contributed by atoms with van der Waals surface area (Å²) in [7, 11) is 0. The van der Waals surface area contributed by atoms with Gasteiger partial charge in [-0.2, -0.15) is 0 Å². The van der Waals surface area contributed by atoms with Gasteiger partial charge in [-0.15, -0.1) is 16.4 Å². The predicted molar refractivity (Wildman–Crippen MR) is 118 cm³/mol. The largest absolute Gasteiger partial charge is 0.360 e. The molecule has 0 spiro atoms. The number of rotatable bonds is 7. The van der Waals surface area contributed by atoms with Crippen LogP contribution in [0.2, 0.25) is 0 Å². The van der Waals surface area contributed by atoms with Gasteiger partial charge in [0.05, 0.1) is 32.7 Å². The van der Waals surface area contributed by atoms with E-state index in [4.69, 9.17) is 0 Å². The summed E-state index contributed by atoms with van der Waals surface area (Å²) in [5.74, 6) is 1.04. The molecule has 1 fully saturated rings. The fourth-order valence-electron chi connectivity index (χ4n) is 4.37. The fraction of sp³-hybridized carbons (Fsp3) is 0.500. The van der Waals surface area contributed by atoms with Gasteiger partial charge in [-0.25, -0.2) is 4.68 Å². The van der Waals surface area contributed by atoms with Crippen LogP contribution < -0.4 is 9.80 Å². The van der Waals surface area contributed by atoms with Crippen molar-refractivity contribution in [1.29, 1.82) is 0 Å². The minimum absolute atomic E-state index is 0.357. The molecule has 0 unspecified atom stereocenters. The normalized spacial score (nSPS) is 16.3. The Morgan fingerprint density at radius 1 is 1.17 bits per heavy atom. The monoisotopic (exact) mass is 411 g/mol. The highest BCUT2D eigenvalue weighted by atomic mass is 32.1. The fourth-order valence-corrected chi connectivity index (χ4v) is 5.06. The third-order valence-electron chi connectivity index (χ3n) is 5.94. The van der Waals surface area contributed by atoms with E-state index >= 15 is 0 Å². The quantitative estimate of drug-likeness (QED) is 0.649. The van der Waals surface area contributed by atoms with Crippen molar-refractivity contribution in [1.82, 2.24) is 20.2 Å². The molecule has 0 bridgehead atoms. The van der Waals surface area contributed by atoms with Gasteiger partial charge in [-0.05, 0) is 52.9 Å². The first-order chi connectivity index (χ1) is 14.2. The van der Waals surface area contributed by atoms with Crippen molar-refractivity contribution in [3.8, 4) is 0 Å². The Morgan fingerprint density at radius 3 is 2.72 bits per heavy atom. The third-order valence-corrected chi connectivity index (χ3v) is 6.80. The zero-order chi connectivity index (χ0) is 20.2. The molecular weight excluding hydrogens is 380 g/mol. The SMILES string of the molecule is CCC[C@H](c1nnnn1Cc1cccs1)[NH+]1CCN(c2cc(C)ccc2C)CC1. The van der Waals surface area contributed by atoms with Crippen LogP contribution in [0.25, 0.3) is 0 Å². The smallest absolute Gasteiger partial charge is 0.209 e. The predicted octanol–water partition coefficient (Wildman–Crippen LogP) is 2.65. The topological polar surface area (TPSA) is 51.3 Å². The van der Waals surface area contributed by atoms with E-state index in [1.165, 1.54) is 21.7 Å². The molecule has 1 aliphatic heterocycles. The molecule has 1 aliphatic rings. The van der Waals surface area contributed by atoms with Crippen LogP contribution in [0.1, 0.15) is 47.6 Å². The van der Waals surface area contributed by atoms with Gasteiger partial charge >= 0.3 is 0 Å². The molecule has 154 valence electrons. The molecule has 7 heteroatoms. The number of tetrazole rings is 1. The van der Waals surface area contributed by atoms with Gasteiger partial charge in [0.25, 0.3) is 0 Å². The van der Waals surface area contributed by atoms with Crippen molar-refractivity contribution >= 4 is 17.0 Å². The summed E-state index contributed by atoms with van der Waals surface area (Å²) in [5.41, 5.74) is 4.08. The van der Waals surface area contributed by atoms with Gasteiger partial charge in [0, 0.05) is 17.0 Å². The van der Waals surface area contributed by atoms with Crippen molar-refractivity contribution in [2.75, 3.05) is 31.1 Å². The molecule has 1 aromatic carbocycles. The second-order valence-electron chi connectivity index (χ2n) is 8.05. The molecule has 0 aliphatic carbocycles. The number of nitrogens with zero attached hydrogens (tertiary/aromatic N) is 5. The average molecular weight is 412 g/mol. The van der Waals surface area contributed by atoms with E-state index in [9.17, 15) is 0 Å². The Kier molecular flexibility index (Phi) is 6.25. The first-order valence-corrected chi connectivity index (χ1v) is 11.5. The number of piperazine rings is 1. The van der Waals surface area contributed by atoms with Crippen molar-refractivity contribution in [3.63, 3.8) is 0 Å². The number of aryl methyl sites for hydroxylation is 2. The van der Waals surface area contributed by atoms with Crippen molar-refractivity contribution in [2.45, 2.75) is 46.2 Å². The molecule has 0 radical (unpaired) electrons. The van der Waals surface area contributed by atoms with E-state index in [1.807, 2.05) is 4.68 Å². The van der Waals surface area contributed by atoms with Gasteiger partial charge in [-0.3, -0.25) is 0 Å². The van der Waals surface area contributed by atoms with E-state index in [-0.39, 0.29) is 0 Å². The van der Waals surface area contributed by atoms with Crippen LogP contribution in [-0.4, -0.2) is 46.4 Å². The van der Waals surface area contributed by atoms with Crippen LogP contribution in [0.15, 0.2) is 35.7 Å². The van der Waals surface area contributed by atoms with Crippen LogP contribution in [0, 0.1) is 13.8 Å². The summed E-state index contributed by atoms with van der Waals surface area (Å²) in [6.07, 6.45) is 2.25. The first-order valence-electron chi connectivity index (χ1n) is 10.6. The van der Waals surface area contributed by atoms with Crippen LogP contribution >= 0.6 is 11.3 Å². The maximum Gasteiger partial charge on any atom is 0.209 e. The molecule has 3 heterocycles. The number of nitrogens with one attached hydrogen (secondary N) is 1. The lowest BCUT2D eigenvalue weighted by Gasteiger charge is -2.37. The van der Waals surface area contributed by atoms with Crippen LogP contribution in [0.5, 0.6) is 0 Å². The lowest BCUT2D eigenvalue weighted by molar-refractivity contribution is -0.933. The standard InChI is InChI=1S/C22H30N6S/c1-4-6-20(22-23-24-25-28(22)16-19-7-5-14-29-19)26-10-12-27(13-11-26)21-15-17(2)8-9-18(21)3/h5,7-9,14-15,20H,4,6,10-13,16H2,1-3H3/p+1/t20-/m1/s1. The number of anilines is 1. The highest BCUT2D eigenvalue weighted by Crippen LogP contribution is 2.22. The molecule has 1 atom stereocenters. The molecular formula is C22H31N6S+. The number of thiophene rings is 1. The Balaban J connectivity index is 1.48. The summed E-state index contributed by atoms with van der Waals surface area (Å²) in [6, 6.07) is 11.4. The van der Waals surface area contributed by atoms with Crippen molar-refractivity contribution in [2.24, 2.45) is 0 Å². The molecule has 1 N–H and O–H groups in total. The summed E-state index contributed by atoms with van der Waals surface area (Å²) in [6.45, 7) is 11.8. The van der Waals surface area contributed by atoms with Crippen molar-refractivity contribution < 1.29 is 4.90 Å². The molecule has 3 aromatic rings. The number of benzene rings is 1. The number of quaternary nitrogens is 1. The second-order valence-corrected chi connectivity index (χ2v) is 9.08. The summed E-state index contributed by atoms with van der Waals surface area (Å²) < 4.78 is 2.01. The molecule has 29 heavy (non-hydrogen) atoms. The van der Waals surface area contributed by atoms with Gasteiger partial charge in [0.15, 0.2) is 0 Å². The molecule has 0 saturated carbocycles. The average Bonchev–Trinajstić information content (AvgIpc) is 3.41. The zero-order valence-corrected chi connectivity index (χ0v) is 18.5. The van der Waals surface area contributed by atoms with E-state index in [2.05, 4.69) is 76.9 Å². The van der Waals surface area contributed by atoms with Gasteiger partial charge in [-0.1, -0.05) is 31.5 Å². The first kappa shape index (κ1) is 20.0. The number of hydrogen-bond donors (Lipinski definition) is 1. The Hall–Kier alpha value is -2.25. The molecule has 6 nitrogen and oxygen atoms in total. The molecule has 4 rings (SSSR count). The van der Waals surface area contributed by atoms with E-state index in [0.29, 0.717) is 6.04 Å². The Bertz CT molecular complexity index is 911. The molecule has 2 aromatic heterocycles. The third kappa shape index (κ3) is 4.51. The Morgan fingerprint density at radius 2 is 2.00 bits per heavy atom. The highest BCUT2D eigenvalue weighted by molar-refractivity contribution is 7.09. The summed E-state index contributed by atoms with van der Waals surface area (Å²) >= 11 is 1.76. The van der Waals surface area contributed by atoms with Gasteiger partial charge < -0.3 is 9.80 Å². The maximum atomic E-state index is 4.47. The minimum atomic E-state index is 0.357. The van der Waals surface area contributed by atoms with E-state index < -0.39 is 0 Å². The van der Waals surface area contributed by atoms with Crippen LogP contribution in [0.4, 0.5) is 5.69 Å². The number of hydrogen-bond acceptors (Lipinski definition) is 5. The molecule has 1 saturated heterocycles. The lowest BCUT2D eigenvalue weighted by atomic mass is 10.1. The molecule has 0 amide bonds. The van der Waals surface area contributed by atoms with Crippen molar-refractivity contribution in [3.05, 3.63) is 57.5 Å². The van der Waals surface area contributed by atoms with Crippen LogP contribution in [-0.2, 0) is 6.54 Å². The Labute approximate surface area is 177 Å². The summed E-state index contributed by atoms with van der Waals surface area (Å²) in [5, 5.41) is 14.9. The van der Waals surface area contributed by atoms with Gasteiger partial charge in [0.2, 0.25) is 5.82 Å². The number of aromatic nitrogens is 4. The zero-order valence-electron chi connectivity index (χ0n) is 17.6. The summed E-state index contributed by atoms with van der Waals surface area (Å²) in [4.78, 5) is 5.45. The highest BCUT2D eigenvalue weighted by Gasteiger charge is 2.32. The maximum absolute atomic E-state index is 4.47. The van der Waals surface area contributed by atoms with Crippen LogP contribution in [0.3, 0.4) is 0 Å². The second kappa shape index (κ2) is 9.05. The minimum Gasteiger partial charge on any atom is -0.360 e. The van der Waals surface area contributed by atoms with E-state index in [1.54, 1.807) is 16.2 Å². The lowest BCUT2D eigenvalue weighted by Crippen LogP contribution is -3.15. The van der Waals surface area contributed by atoms with E-state index in [0.717, 1.165) is 51.4 Å². The van der Waals surface area contributed by atoms with Gasteiger partial charge in [0.1, 0.15) is 6.04 Å².